The topological polar surface area (TPSA) is 54.2 Å². The molecule has 1 unspecified atom stereocenters. The smallest absolute Gasteiger partial charge is 0.159 e. The Morgan fingerprint density at radius 2 is 2.35 bits per heavy atom. The number of hydrogen-bond donors (Lipinski definition) is 1. The number of rotatable bonds is 5. The zero-order chi connectivity index (χ0) is 13.9. The molecule has 0 spiro atoms. The van der Waals surface area contributed by atoms with E-state index in [1.807, 2.05) is 18.3 Å². The molecule has 1 aliphatic rings. The van der Waals surface area contributed by atoms with Crippen LogP contribution in [-0.4, -0.2) is 50.8 Å². The predicted molar refractivity (Wildman–Crippen MR) is 78.7 cm³/mol. The van der Waals surface area contributed by atoms with E-state index in [0.29, 0.717) is 5.92 Å². The largest absolute Gasteiger partial charge is 0.396 e. The first kappa shape index (κ1) is 13.5. The van der Waals surface area contributed by atoms with Crippen LogP contribution >= 0.6 is 0 Å². The lowest BCUT2D eigenvalue weighted by atomic mass is 10.1. The summed E-state index contributed by atoms with van der Waals surface area (Å²) >= 11 is 0. The van der Waals surface area contributed by atoms with Crippen LogP contribution < -0.4 is 0 Å². The first-order valence-corrected chi connectivity index (χ1v) is 7.47. The first-order valence-electron chi connectivity index (χ1n) is 7.47. The SMILES string of the molecule is CCN1CCC(c2nc3cccnc3n2CCCO)C1. The van der Waals surface area contributed by atoms with Crippen molar-refractivity contribution in [3.8, 4) is 0 Å². The summed E-state index contributed by atoms with van der Waals surface area (Å²) in [5, 5.41) is 9.11. The fraction of sp³-hybridized carbons (Fsp3) is 0.600. The van der Waals surface area contributed by atoms with Crippen LogP contribution in [0.3, 0.4) is 0 Å². The van der Waals surface area contributed by atoms with Gasteiger partial charge in [-0.1, -0.05) is 6.92 Å². The van der Waals surface area contributed by atoms with E-state index in [1.165, 1.54) is 0 Å². The predicted octanol–water partition coefficient (Wildman–Crippen LogP) is 1.62. The highest BCUT2D eigenvalue weighted by Gasteiger charge is 2.27. The van der Waals surface area contributed by atoms with Gasteiger partial charge in [0.1, 0.15) is 11.3 Å². The molecule has 1 atom stereocenters. The quantitative estimate of drug-likeness (QED) is 0.900. The van der Waals surface area contributed by atoms with E-state index >= 15 is 0 Å². The summed E-state index contributed by atoms with van der Waals surface area (Å²) in [5.74, 6) is 1.63. The van der Waals surface area contributed by atoms with Crippen LogP contribution in [0.25, 0.3) is 11.2 Å². The van der Waals surface area contributed by atoms with Crippen LogP contribution in [0.1, 0.15) is 31.5 Å². The lowest BCUT2D eigenvalue weighted by Gasteiger charge is -2.14. The van der Waals surface area contributed by atoms with E-state index in [2.05, 4.69) is 21.4 Å². The van der Waals surface area contributed by atoms with E-state index < -0.39 is 0 Å². The molecule has 3 rings (SSSR count). The summed E-state index contributed by atoms with van der Waals surface area (Å²) in [6, 6.07) is 3.95. The van der Waals surface area contributed by atoms with Gasteiger partial charge in [-0.2, -0.15) is 0 Å². The highest BCUT2D eigenvalue weighted by atomic mass is 16.3. The molecule has 5 nitrogen and oxygen atoms in total. The van der Waals surface area contributed by atoms with Crippen LogP contribution in [0, 0.1) is 0 Å². The monoisotopic (exact) mass is 274 g/mol. The Kier molecular flexibility index (Phi) is 3.98. The summed E-state index contributed by atoms with van der Waals surface area (Å²) < 4.78 is 2.20. The molecule has 0 saturated carbocycles. The molecule has 20 heavy (non-hydrogen) atoms. The number of fused-ring (bicyclic) bond motifs is 1. The molecule has 1 saturated heterocycles. The van der Waals surface area contributed by atoms with Crippen molar-refractivity contribution < 1.29 is 5.11 Å². The Morgan fingerprint density at radius 3 is 3.10 bits per heavy atom. The molecule has 1 N–H and O–H groups in total. The molecule has 0 bridgehead atoms. The van der Waals surface area contributed by atoms with E-state index in [1.54, 1.807) is 0 Å². The van der Waals surface area contributed by atoms with Gasteiger partial charge in [-0.25, -0.2) is 9.97 Å². The highest BCUT2D eigenvalue weighted by molar-refractivity contribution is 5.71. The van der Waals surface area contributed by atoms with Gasteiger partial charge >= 0.3 is 0 Å². The molecular formula is C15H22N4O. The standard InChI is InChI=1S/C15H22N4O/c1-2-18-9-6-12(11-18)14-17-13-5-3-7-16-15(13)19(14)8-4-10-20/h3,5,7,12,20H,2,4,6,8-11H2,1H3. The number of aromatic nitrogens is 3. The number of likely N-dealkylation sites (N-methyl/N-ethyl adjacent to an activating group) is 1. The Labute approximate surface area is 119 Å². The fourth-order valence-corrected chi connectivity index (χ4v) is 3.07. The maximum absolute atomic E-state index is 9.11. The van der Waals surface area contributed by atoms with Crippen molar-refractivity contribution in [2.45, 2.75) is 32.2 Å². The summed E-state index contributed by atoms with van der Waals surface area (Å²) in [7, 11) is 0. The van der Waals surface area contributed by atoms with Gasteiger partial charge in [0.2, 0.25) is 0 Å². The molecule has 1 aliphatic heterocycles. The average molecular weight is 274 g/mol. The average Bonchev–Trinajstić information content (AvgIpc) is 3.09. The van der Waals surface area contributed by atoms with Crippen molar-refractivity contribution in [3.05, 3.63) is 24.2 Å². The minimum atomic E-state index is 0.206. The third-order valence-electron chi connectivity index (χ3n) is 4.16. The minimum Gasteiger partial charge on any atom is -0.396 e. The summed E-state index contributed by atoms with van der Waals surface area (Å²) in [6.45, 7) is 6.54. The number of likely N-dealkylation sites (tertiary alicyclic amines) is 1. The lowest BCUT2D eigenvalue weighted by molar-refractivity contribution is 0.279. The van der Waals surface area contributed by atoms with Gasteiger partial charge in [-0.3, -0.25) is 0 Å². The second kappa shape index (κ2) is 5.89. The third kappa shape index (κ3) is 2.43. The van der Waals surface area contributed by atoms with Crippen molar-refractivity contribution >= 4 is 11.2 Å². The van der Waals surface area contributed by atoms with Gasteiger partial charge < -0.3 is 14.6 Å². The zero-order valence-electron chi connectivity index (χ0n) is 12.0. The number of aliphatic hydroxyl groups excluding tert-OH is 1. The van der Waals surface area contributed by atoms with Crippen molar-refractivity contribution in [1.82, 2.24) is 19.4 Å². The lowest BCUT2D eigenvalue weighted by Crippen LogP contribution is -2.20. The van der Waals surface area contributed by atoms with E-state index in [0.717, 1.165) is 56.0 Å². The maximum atomic E-state index is 9.11. The van der Waals surface area contributed by atoms with Gasteiger partial charge in [0.25, 0.3) is 0 Å². The van der Waals surface area contributed by atoms with Crippen LogP contribution in [0.2, 0.25) is 0 Å². The molecular weight excluding hydrogens is 252 g/mol. The molecule has 3 heterocycles. The van der Waals surface area contributed by atoms with Crippen LogP contribution in [0.4, 0.5) is 0 Å². The second-order valence-electron chi connectivity index (χ2n) is 5.42. The third-order valence-corrected chi connectivity index (χ3v) is 4.16. The highest BCUT2D eigenvalue weighted by Crippen LogP contribution is 2.28. The number of hydrogen-bond acceptors (Lipinski definition) is 4. The van der Waals surface area contributed by atoms with Crippen LogP contribution in [-0.2, 0) is 6.54 Å². The summed E-state index contributed by atoms with van der Waals surface area (Å²) in [6.07, 6.45) is 3.73. The fourth-order valence-electron chi connectivity index (χ4n) is 3.07. The molecule has 2 aromatic rings. The van der Waals surface area contributed by atoms with Crippen LogP contribution in [0.15, 0.2) is 18.3 Å². The Bertz CT molecular complexity index is 580. The molecule has 0 aromatic carbocycles. The first-order chi connectivity index (χ1) is 9.83. The summed E-state index contributed by atoms with van der Waals surface area (Å²) in [5.41, 5.74) is 1.92. The number of nitrogens with zero attached hydrogens (tertiary/aromatic N) is 4. The van der Waals surface area contributed by atoms with E-state index in [4.69, 9.17) is 10.1 Å². The molecule has 0 radical (unpaired) electrons. The van der Waals surface area contributed by atoms with E-state index in [-0.39, 0.29) is 6.61 Å². The zero-order valence-corrected chi connectivity index (χ0v) is 12.0. The molecule has 108 valence electrons. The molecule has 1 fully saturated rings. The second-order valence-corrected chi connectivity index (χ2v) is 5.42. The van der Waals surface area contributed by atoms with Gasteiger partial charge in [-0.05, 0) is 38.1 Å². The molecule has 0 aliphatic carbocycles. The Hall–Kier alpha value is -1.46. The van der Waals surface area contributed by atoms with Gasteiger partial charge in [0.15, 0.2) is 5.65 Å². The van der Waals surface area contributed by atoms with Gasteiger partial charge in [-0.15, -0.1) is 0 Å². The number of pyridine rings is 1. The van der Waals surface area contributed by atoms with Gasteiger partial charge in [0, 0.05) is 31.8 Å². The summed E-state index contributed by atoms with van der Waals surface area (Å²) in [4.78, 5) is 11.7. The van der Waals surface area contributed by atoms with Gasteiger partial charge in [0.05, 0.1) is 0 Å². The van der Waals surface area contributed by atoms with Crippen LogP contribution in [0.5, 0.6) is 0 Å². The molecule has 0 amide bonds. The van der Waals surface area contributed by atoms with Crippen molar-refractivity contribution in [3.63, 3.8) is 0 Å². The normalized spacial score (nSPS) is 20.0. The molecule has 5 heteroatoms. The van der Waals surface area contributed by atoms with Crippen molar-refractivity contribution in [1.29, 1.82) is 0 Å². The minimum absolute atomic E-state index is 0.206. The maximum Gasteiger partial charge on any atom is 0.159 e. The Balaban J connectivity index is 1.96. The van der Waals surface area contributed by atoms with E-state index in [9.17, 15) is 0 Å². The van der Waals surface area contributed by atoms with Crippen molar-refractivity contribution in [2.75, 3.05) is 26.2 Å². The molecule has 2 aromatic heterocycles. The van der Waals surface area contributed by atoms with Crippen molar-refractivity contribution in [2.24, 2.45) is 0 Å². The number of aryl methyl sites for hydroxylation is 1. The number of imidazole rings is 1. The number of aliphatic hydroxyl groups is 1. The Morgan fingerprint density at radius 1 is 1.45 bits per heavy atom.